The summed E-state index contributed by atoms with van der Waals surface area (Å²) in [7, 11) is 0. The molecule has 1 heterocycles. The molecule has 2 heteroatoms. The molecule has 0 amide bonds. The highest BCUT2D eigenvalue weighted by molar-refractivity contribution is 5.75. The van der Waals surface area contributed by atoms with E-state index in [0.717, 1.165) is 12.8 Å². The van der Waals surface area contributed by atoms with Gasteiger partial charge in [0.05, 0.1) is 5.92 Å². The van der Waals surface area contributed by atoms with Crippen molar-refractivity contribution in [3.63, 3.8) is 0 Å². The second kappa shape index (κ2) is 2.58. The van der Waals surface area contributed by atoms with Crippen molar-refractivity contribution in [2.45, 2.75) is 52.6 Å². The molecule has 0 unspecified atom stereocenters. The van der Waals surface area contributed by atoms with Crippen molar-refractivity contribution in [2.75, 3.05) is 0 Å². The summed E-state index contributed by atoms with van der Waals surface area (Å²) in [6.45, 7) is 6.90. The quantitative estimate of drug-likeness (QED) is 0.572. The van der Waals surface area contributed by atoms with Crippen LogP contribution in [0.2, 0.25) is 0 Å². The maximum absolute atomic E-state index is 11.9. The van der Waals surface area contributed by atoms with E-state index in [1.807, 2.05) is 0 Å². The third-order valence-corrected chi connectivity index (χ3v) is 5.12. The van der Waals surface area contributed by atoms with Gasteiger partial charge in [-0.15, -0.1) is 0 Å². The zero-order valence-electron chi connectivity index (χ0n) is 9.88. The van der Waals surface area contributed by atoms with Gasteiger partial charge in [0.1, 0.15) is 6.10 Å². The zero-order chi connectivity index (χ0) is 10.8. The van der Waals surface area contributed by atoms with Crippen molar-refractivity contribution < 1.29 is 9.53 Å². The van der Waals surface area contributed by atoms with E-state index in [0.29, 0.717) is 16.7 Å². The lowest BCUT2D eigenvalue weighted by atomic mass is 9.56. The van der Waals surface area contributed by atoms with E-state index in [9.17, 15) is 4.79 Å². The molecule has 15 heavy (non-hydrogen) atoms. The largest absolute Gasteiger partial charge is 0.462 e. The molecule has 4 atom stereocenters. The van der Waals surface area contributed by atoms with Crippen LogP contribution in [0.15, 0.2) is 0 Å². The Hall–Kier alpha value is -0.530. The van der Waals surface area contributed by atoms with Crippen LogP contribution in [0.1, 0.15) is 46.5 Å². The Morgan fingerprint density at radius 1 is 1.27 bits per heavy atom. The molecule has 3 aliphatic rings. The molecule has 1 aliphatic heterocycles. The topological polar surface area (TPSA) is 26.3 Å². The van der Waals surface area contributed by atoms with E-state index in [4.69, 9.17) is 4.74 Å². The first-order valence-corrected chi connectivity index (χ1v) is 6.13. The van der Waals surface area contributed by atoms with Gasteiger partial charge in [-0.25, -0.2) is 0 Å². The molecule has 1 saturated heterocycles. The van der Waals surface area contributed by atoms with Crippen molar-refractivity contribution in [1.29, 1.82) is 0 Å². The Labute approximate surface area is 91.4 Å². The van der Waals surface area contributed by atoms with Crippen molar-refractivity contribution in [3.05, 3.63) is 0 Å². The minimum atomic E-state index is 0.0905. The Balaban J connectivity index is 1.94. The fourth-order valence-corrected chi connectivity index (χ4v) is 4.06. The van der Waals surface area contributed by atoms with Gasteiger partial charge in [0.25, 0.3) is 0 Å². The standard InChI is InChI=1S/C13H20O2/c1-12(2)6-8-9(7-12)13(3)5-4-10(13)15-11(8)14/h8-10H,4-7H2,1-3H3/t8-,9+,10-,13-/m1/s1. The molecule has 0 spiro atoms. The van der Waals surface area contributed by atoms with Gasteiger partial charge in [0.15, 0.2) is 0 Å². The van der Waals surface area contributed by atoms with Gasteiger partial charge in [-0.1, -0.05) is 20.8 Å². The Morgan fingerprint density at radius 2 is 2.00 bits per heavy atom. The molecule has 0 aromatic heterocycles. The van der Waals surface area contributed by atoms with Crippen LogP contribution in [0, 0.1) is 22.7 Å². The molecule has 2 aliphatic carbocycles. The molecular formula is C13H20O2. The van der Waals surface area contributed by atoms with Crippen LogP contribution < -0.4 is 0 Å². The average Bonchev–Trinajstić information content (AvgIpc) is 2.46. The SMILES string of the molecule is CC1(C)C[C@H]2C(=O)O[C@@H]3CC[C@]3(C)[C@H]2C1. The van der Waals surface area contributed by atoms with E-state index < -0.39 is 0 Å². The summed E-state index contributed by atoms with van der Waals surface area (Å²) < 4.78 is 5.56. The first-order valence-electron chi connectivity index (χ1n) is 6.13. The predicted octanol–water partition coefficient (Wildman–Crippen LogP) is 2.76. The van der Waals surface area contributed by atoms with E-state index in [1.54, 1.807) is 0 Å². The molecule has 0 radical (unpaired) electrons. The molecule has 2 saturated carbocycles. The normalized spacial score (nSPS) is 51.4. The molecule has 0 bridgehead atoms. The highest BCUT2D eigenvalue weighted by atomic mass is 16.5. The monoisotopic (exact) mass is 208 g/mol. The summed E-state index contributed by atoms with van der Waals surface area (Å²) in [4.78, 5) is 11.9. The fraction of sp³-hybridized carbons (Fsp3) is 0.923. The number of rotatable bonds is 0. The van der Waals surface area contributed by atoms with Gasteiger partial charge >= 0.3 is 5.97 Å². The molecule has 3 fully saturated rings. The molecular weight excluding hydrogens is 188 g/mol. The minimum absolute atomic E-state index is 0.0905. The number of hydrogen-bond donors (Lipinski definition) is 0. The molecule has 0 N–H and O–H groups in total. The molecule has 0 aromatic rings. The summed E-state index contributed by atoms with van der Waals surface area (Å²) >= 11 is 0. The molecule has 3 rings (SSSR count). The number of fused-ring (bicyclic) bond motifs is 3. The number of hydrogen-bond acceptors (Lipinski definition) is 2. The Kier molecular flexibility index (Phi) is 1.67. The Morgan fingerprint density at radius 3 is 2.60 bits per heavy atom. The van der Waals surface area contributed by atoms with Crippen molar-refractivity contribution in [2.24, 2.45) is 22.7 Å². The summed E-state index contributed by atoms with van der Waals surface area (Å²) in [6.07, 6.45) is 4.81. The highest BCUT2D eigenvalue weighted by Crippen LogP contribution is 2.62. The molecule has 0 aromatic carbocycles. The van der Waals surface area contributed by atoms with Crippen LogP contribution in [0.5, 0.6) is 0 Å². The van der Waals surface area contributed by atoms with Gasteiger partial charge < -0.3 is 4.74 Å². The van der Waals surface area contributed by atoms with Gasteiger partial charge in [0, 0.05) is 5.41 Å². The first kappa shape index (κ1) is 9.68. The van der Waals surface area contributed by atoms with Crippen LogP contribution >= 0.6 is 0 Å². The van der Waals surface area contributed by atoms with E-state index in [2.05, 4.69) is 20.8 Å². The van der Waals surface area contributed by atoms with Crippen LogP contribution in [0.4, 0.5) is 0 Å². The zero-order valence-corrected chi connectivity index (χ0v) is 9.88. The number of carbonyl (C=O) groups excluding carboxylic acids is 1. The highest BCUT2D eigenvalue weighted by Gasteiger charge is 2.62. The van der Waals surface area contributed by atoms with Crippen LogP contribution in [-0.4, -0.2) is 12.1 Å². The lowest BCUT2D eigenvalue weighted by Gasteiger charge is -2.55. The minimum Gasteiger partial charge on any atom is -0.462 e. The van der Waals surface area contributed by atoms with Crippen molar-refractivity contribution in [3.8, 4) is 0 Å². The first-order chi connectivity index (χ1) is 6.92. The second-order valence-corrected chi connectivity index (χ2v) is 6.76. The third-order valence-electron chi connectivity index (χ3n) is 5.12. The van der Waals surface area contributed by atoms with Gasteiger partial charge in [0.2, 0.25) is 0 Å². The summed E-state index contributed by atoms with van der Waals surface area (Å²) in [5.74, 6) is 0.877. The van der Waals surface area contributed by atoms with Gasteiger partial charge in [-0.2, -0.15) is 0 Å². The fourth-order valence-electron chi connectivity index (χ4n) is 4.06. The van der Waals surface area contributed by atoms with Crippen LogP contribution in [-0.2, 0) is 9.53 Å². The lowest BCUT2D eigenvalue weighted by Crippen LogP contribution is -2.56. The second-order valence-electron chi connectivity index (χ2n) is 6.76. The average molecular weight is 208 g/mol. The smallest absolute Gasteiger partial charge is 0.309 e. The van der Waals surface area contributed by atoms with Crippen LogP contribution in [0.3, 0.4) is 0 Å². The summed E-state index contributed by atoms with van der Waals surface area (Å²) in [5, 5.41) is 0. The summed E-state index contributed by atoms with van der Waals surface area (Å²) in [5.41, 5.74) is 0.647. The maximum atomic E-state index is 11.9. The van der Waals surface area contributed by atoms with E-state index in [1.165, 1.54) is 12.8 Å². The van der Waals surface area contributed by atoms with Gasteiger partial charge in [-0.3, -0.25) is 4.79 Å². The number of esters is 1. The van der Waals surface area contributed by atoms with E-state index >= 15 is 0 Å². The van der Waals surface area contributed by atoms with Crippen molar-refractivity contribution >= 4 is 5.97 Å². The van der Waals surface area contributed by atoms with Gasteiger partial charge in [-0.05, 0) is 37.0 Å². The Bertz CT molecular complexity index is 320. The van der Waals surface area contributed by atoms with Crippen molar-refractivity contribution in [1.82, 2.24) is 0 Å². The molecule has 84 valence electrons. The predicted molar refractivity (Wildman–Crippen MR) is 57.2 cm³/mol. The molecule has 2 nitrogen and oxygen atoms in total. The number of ether oxygens (including phenoxy) is 1. The summed E-state index contributed by atoms with van der Waals surface area (Å²) in [6, 6.07) is 0. The van der Waals surface area contributed by atoms with Crippen LogP contribution in [0.25, 0.3) is 0 Å². The lowest BCUT2D eigenvalue weighted by molar-refractivity contribution is -0.204. The third kappa shape index (κ3) is 1.14. The van der Waals surface area contributed by atoms with E-state index in [-0.39, 0.29) is 18.0 Å². The number of carbonyl (C=O) groups is 1. The maximum Gasteiger partial charge on any atom is 0.309 e.